The van der Waals surface area contributed by atoms with Gasteiger partial charge in [-0.2, -0.15) is 0 Å². The van der Waals surface area contributed by atoms with E-state index in [0.717, 1.165) is 31.1 Å². The van der Waals surface area contributed by atoms with Gasteiger partial charge >= 0.3 is 0 Å². The number of aromatic nitrogens is 1. The van der Waals surface area contributed by atoms with E-state index in [1.807, 2.05) is 19.2 Å². The van der Waals surface area contributed by atoms with Crippen LogP contribution in [0.5, 0.6) is 0 Å². The van der Waals surface area contributed by atoms with Crippen molar-refractivity contribution in [1.82, 2.24) is 4.98 Å². The van der Waals surface area contributed by atoms with E-state index in [2.05, 4.69) is 23.3 Å². The molecular formula is C11H16N2O. The lowest BCUT2D eigenvalue weighted by Gasteiger charge is -2.38. The van der Waals surface area contributed by atoms with Gasteiger partial charge in [0.1, 0.15) is 0 Å². The number of nitrogens with zero attached hydrogens (tertiary/aromatic N) is 1. The Labute approximate surface area is 84.5 Å². The first-order valence-corrected chi connectivity index (χ1v) is 4.92. The molecule has 1 N–H and O–H groups in total. The van der Waals surface area contributed by atoms with Crippen LogP contribution in [-0.4, -0.2) is 24.7 Å². The summed E-state index contributed by atoms with van der Waals surface area (Å²) in [7, 11) is 0. The van der Waals surface area contributed by atoms with Crippen LogP contribution >= 0.6 is 0 Å². The average Bonchev–Trinajstić information content (AvgIpc) is 2.14. The van der Waals surface area contributed by atoms with E-state index in [1.165, 1.54) is 0 Å². The van der Waals surface area contributed by atoms with E-state index in [4.69, 9.17) is 4.74 Å². The van der Waals surface area contributed by atoms with Crippen molar-refractivity contribution in [3.63, 3.8) is 0 Å². The molecule has 1 saturated heterocycles. The van der Waals surface area contributed by atoms with Gasteiger partial charge in [-0.1, -0.05) is 6.92 Å². The van der Waals surface area contributed by atoms with Gasteiger partial charge in [-0.05, 0) is 19.1 Å². The standard InChI is InChI=1S/C11H16N2O/c1-9-3-4-10(5-12-9)13-6-11(2)7-14-8-11/h3-5,13H,6-8H2,1-2H3. The maximum Gasteiger partial charge on any atom is 0.0559 e. The van der Waals surface area contributed by atoms with Crippen LogP contribution in [0.25, 0.3) is 0 Å². The fourth-order valence-corrected chi connectivity index (χ4v) is 1.44. The highest BCUT2D eigenvalue weighted by Gasteiger charge is 2.32. The lowest BCUT2D eigenvalue weighted by molar-refractivity contribution is -0.0924. The molecule has 76 valence electrons. The summed E-state index contributed by atoms with van der Waals surface area (Å²) in [6.45, 7) is 6.90. The van der Waals surface area contributed by atoms with Crippen molar-refractivity contribution in [2.45, 2.75) is 13.8 Å². The minimum absolute atomic E-state index is 0.310. The zero-order valence-electron chi connectivity index (χ0n) is 8.71. The third-order valence-electron chi connectivity index (χ3n) is 2.53. The molecule has 0 aliphatic carbocycles. The predicted molar refractivity (Wildman–Crippen MR) is 56.4 cm³/mol. The molecule has 1 aliphatic heterocycles. The van der Waals surface area contributed by atoms with Crippen LogP contribution in [0.15, 0.2) is 18.3 Å². The Bertz CT molecular complexity index is 304. The predicted octanol–water partition coefficient (Wildman–Crippen LogP) is 1.84. The molecule has 0 unspecified atom stereocenters. The van der Waals surface area contributed by atoms with E-state index in [0.29, 0.717) is 5.41 Å². The van der Waals surface area contributed by atoms with Crippen LogP contribution in [0.1, 0.15) is 12.6 Å². The minimum Gasteiger partial charge on any atom is -0.383 e. The monoisotopic (exact) mass is 192 g/mol. The van der Waals surface area contributed by atoms with Crippen molar-refractivity contribution in [3.8, 4) is 0 Å². The second kappa shape index (κ2) is 3.58. The fourth-order valence-electron chi connectivity index (χ4n) is 1.44. The summed E-state index contributed by atoms with van der Waals surface area (Å²) < 4.78 is 5.19. The Kier molecular flexibility index (Phi) is 2.42. The van der Waals surface area contributed by atoms with E-state index < -0.39 is 0 Å². The zero-order chi connectivity index (χ0) is 10.0. The molecule has 0 bridgehead atoms. The van der Waals surface area contributed by atoms with Crippen LogP contribution < -0.4 is 5.32 Å². The molecule has 0 atom stereocenters. The third kappa shape index (κ3) is 2.04. The first kappa shape index (κ1) is 9.46. The van der Waals surface area contributed by atoms with Gasteiger partial charge in [0.15, 0.2) is 0 Å². The van der Waals surface area contributed by atoms with Crippen molar-refractivity contribution < 1.29 is 4.74 Å². The molecule has 14 heavy (non-hydrogen) atoms. The maximum absolute atomic E-state index is 5.19. The Morgan fingerprint density at radius 2 is 2.29 bits per heavy atom. The number of aryl methyl sites for hydroxylation is 1. The molecule has 0 saturated carbocycles. The van der Waals surface area contributed by atoms with Crippen LogP contribution in [0.3, 0.4) is 0 Å². The minimum atomic E-state index is 0.310. The molecule has 0 aromatic carbocycles. The molecule has 0 spiro atoms. The molecule has 2 rings (SSSR count). The highest BCUT2D eigenvalue weighted by Crippen LogP contribution is 2.26. The second-order valence-electron chi connectivity index (χ2n) is 4.35. The molecule has 3 nitrogen and oxygen atoms in total. The van der Waals surface area contributed by atoms with Crippen LogP contribution in [0.2, 0.25) is 0 Å². The topological polar surface area (TPSA) is 34.1 Å². The summed E-state index contributed by atoms with van der Waals surface area (Å²) in [5.41, 5.74) is 2.45. The molecule has 1 aromatic rings. The van der Waals surface area contributed by atoms with Crippen molar-refractivity contribution in [2.24, 2.45) is 5.41 Å². The molecular weight excluding hydrogens is 176 g/mol. The average molecular weight is 192 g/mol. The number of hydrogen-bond acceptors (Lipinski definition) is 3. The number of pyridine rings is 1. The molecule has 2 heterocycles. The lowest BCUT2D eigenvalue weighted by atomic mass is 9.89. The summed E-state index contributed by atoms with van der Waals surface area (Å²) in [6.07, 6.45) is 1.87. The number of anilines is 1. The Morgan fingerprint density at radius 1 is 1.50 bits per heavy atom. The summed E-state index contributed by atoms with van der Waals surface area (Å²) in [4.78, 5) is 4.23. The van der Waals surface area contributed by atoms with Gasteiger partial charge in [0.2, 0.25) is 0 Å². The van der Waals surface area contributed by atoms with Gasteiger partial charge in [-0.3, -0.25) is 4.98 Å². The van der Waals surface area contributed by atoms with Gasteiger partial charge in [0.05, 0.1) is 25.1 Å². The van der Waals surface area contributed by atoms with Crippen molar-refractivity contribution in [3.05, 3.63) is 24.0 Å². The Hall–Kier alpha value is -1.09. The number of rotatable bonds is 3. The molecule has 1 aromatic heterocycles. The number of nitrogens with one attached hydrogen (secondary N) is 1. The maximum atomic E-state index is 5.19. The normalized spacial score (nSPS) is 18.7. The fraction of sp³-hybridized carbons (Fsp3) is 0.545. The van der Waals surface area contributed by atoms with Gasteiger partial charge in [0.25, 0.3) is 0 Å². The van der Waals surface area contributed by atoms with Crippen LogP contribution in [0.4, 0.5) is 5.69 Å². The molecule has 1 fully saturated rings. The van der Waals surface area contributed by atoms with Gasteiger partial charge in [0, 0.05) is 17.7 Å². The van der Waals surface area contributed by atoms with Gasteiger partial charge in [-0.25, -0.2) is 0 Å². The van der Waals surface area contributed by atoms with E-state index in [1.54, 1.807) is 0 Å². The number of ether oxygens (including phenoxy) is 1. The summed E-state index contributed by atoms with van der Waals surface area (Å²) in [5.74, 6) is 0. The number of hydrogen-bond donors (Lipinski definition) is 1. The smallest absolute Gasteiger partial charge is 0.0559 e. The molecule has 0 radical (unpaired) electrons. The quantitative estimate of drug-likeness (QED) is 0.793. The Balaban J connectivity index is 1.88. The van der Waals surface area contributed by atoms with E-state index in [-0.39, 0.29) is 0 Å². The van der Waals surface area contributed by atoms with Crippen LogP contribution in [-0.2, 0) is 4.74 Å². The van der Waals surface area contributed by atoms with Gasteiger partial charge < -0.3 is 10.1 Å². The van der Waals surface area contributed by atoms with Crippen molar-refractivity contribution >= 4 is 5.69 Å². The van der Waals surface area contributed by atoms with Crippen molar-refractivity contribution in [1.29, 1.82) is 0 Å². The highest BCUT2D eigenvalue weighted by molar-refractivity contribution is 5.41. The molecule has 1 aliphatic rings. The summed E-state index contributed by atoms with van der Waals surface area (Å²) in [5, 5.41) is 3.37. The SMILES string of the molecule is Cc1ccc(NCC2(C)COC2)cn1. The highest BCUT2D eigenvalue weighted by atomic mass is 16.5. The summed E-state index contributed by atoms with van der Waals surface area (Å²) in [6, 6.07) is 4.08. The van der Waals surface area contributed by atoms with Gasteiger partial charge in [-0.15, -0.1) is 0 Å². The first-order chi connectivity index (χ1) is 6.68. The molecule has 0 amide bonds. The lowest BCUT2D eigenvalue weighted by Crippen LogP contribution is -2.45. The second-order valence-corrected chi connectivity index (χ2v) is 4.35. The summed E-state index contributed by atoms with van der Waals surface area (Å²) >= 11 is 0. The van der Waals surface area contributed by atoms with Crippen LogP contribution in [0, 0.1) is 12.3 Å². The van der Waals surface area contributed by atoms with Crippen molar-refractivity contribution in [2.75, 3.05) is 25.1 Å². The molecule has 3 heteroatoms. The van der Waals surface area contributed by atoms with E-state index in [9.17, 15) is 0 Å². The zero-order valence-corrected chi connectivity index (χ0v) is 8.71. The first-order valence-electron chi connectivity index (χ1n) is 4.92. The van der Waals surface area contributed by atoms with E-state index >= 15 is 0 Å². The third-order valence-corrected chi connectivity index (χ3v) is 2.53. The Morgan fingerprint density at radius 3 is 2.79 bits per heavy atom. The largest absolute Gasteiger partial charge is 0.383 e.